The van der Waals surface area contributed by atoms with Crippen molar-refractivity contribution in [2.75, 3.05) is 7.11 Å². The average molecular weight is 476 g/mol. The van der Waals surface area contributed by atoms with Gasteiger partial charge in [-0.25, -0.2) is 4.79 Å². The van der Waals surface area contributed by atoms with Crippen molar-refractivity contribution in [2.45, 2.75) is 46.1 Å². The van der Waals surface area contributed by atoms with Crippen LogP contribution in [0.3, 0.4) is 0 Å². The number of rotatable bonds is 4. The molecule has 7 heteroatoms. The first-order chi connectivity index (χ1) is 14.1. The van der Waals surface area contributed by atoms with Crippen molar-refractivity contribution < 1.29 is 23.9 Å². The third kappa shape index (κ3) is 4.08. The fourth-order valence-corrected chi connectivity index (χ4v) is 4.67. The van der Waals surface area contributed by atoms with Gasteiger partial charge in [0.15, 0.2) is 5.78 Å². The van der Waals surface area contributed by atoms with Crippen LogP contribution in [0.25, 0.3) is 0 Å². The number of carbonyl (C=O) groups is 3. The lowest BCUT2D eigenvalue weighted by atomic mass is 9.69. The molecule has 0 fully saturated rings. The monoisotopic (exact) mass is 475 g/mol. The summed E-state index contributed by atoms with van der Waals surface area (Å²) in [4.78, 5) is 39.0. The Morgan fingerprint density at radius 3 is 2.57 bits per heavy atom. The summed E-state index contributed by atoms with van der Waals surface area (Å²) in [5.41, 5.74) is 2.99. The smallest absolute Gasteiger partial charge is 0.337 e. The predicted octanol–water partition coefficient (Wildman–Crippen LogP) is 4.01. The third-order valence-electron chi connectivity index (χ3n) is 5.49. The second-order valence-corrected chi connectivity index (χ2v) is 8.96. The van der Waals surface area contributed by atoms with Gasteiger partial charge in [0.05, 0.1) is 18.8 Å². The van der Waals surface area contributed by atoms with Crippen molar-refractivity contribution in [3.05, 3.63) is 56.8 Å². The lowest BCUT2D eigenvalue weighted by Gasteiger charge is -2.38. The summed E-state index contributed by atoms with van der Waals surface area (Å²) in [5, 5.41) is 3.25. The van der Waals surface area contributed by atoms with Gasteiger partial charge in [-0.05, 0) is 50.8 Å². The summed E-state index contributed by atoms with van der Waals surface area (Å²) in [6, 6.07) is 7.50. The molecule has 0 radical (unpaired) electrons. The average Bonchev–Trinajstić information content (AvgIpc) is 2.65. The number of methoxy groups -OCH3 is 1. The number of hydrogen-bond donors (Lipinski definition) is 1. The molecule has 0 aromatic heterocycles. The second kappa shape index (κ2) is 8.76. The number of esters is 2. The molecule has 0 saturated carbocycles. The van der Waals surface area contributed by atoms with Gasteiger partial charge in [0.1, 0.15) is 5.92 Å². The van der Waals surface area contributed by atoms with Crippen molar-refractivity contribution in [1.29, 1.82) is 0 Å². The number of ketones is 1. The van der Waals surface area contributed by atoms with Crippen LogP contribution in [0.4, 0.5) is 0 Å². The summed E-state index contributed by atoms with van der Waals surface area (Å²) in [6.07, 6.45) is 0.205. The molecule has 30 heavy (non-hydrogen) atoms. The molecule has 0 bridgehead atoms. The summed E-state index contributed by atoms with van der Waals surface area (Å²) in [5.74, 6) is -3.08. The van der Waals surface area contributed by atoms with E-state index in [0.29, 0.717) is 23.3 Å². The molecular weight excluding hydrogens is 450 g/mol. The van der Waals surface area contributed by atoms with Crippen molar-refractivity contribution in [2.24, 2.45) is 11.8 Å². The summed E-state index contributed by atoms with van der Waals surface area (Å²) < 4.78 is 11.2. The number of halogens is 1. The fraction of sp³-hybridized carbons (Fsp3) is 0.435. The van der Waals surface area contributed by atoms with Crippen LogP contribution in [0.1, 0.15) is 45.6 Å². The van der Waals surface area contributed by atoms with E-state index < -0.39 is 23.8 Å². The second-order valence-electron chi connectivity index (χ2n) is 8.04. The van der Waals surface area contributed by atoms with E-state index >= 15 is 0 Å². The zero-order chi connectivity index (χ0) is 22.2. The Bertz CT molecular complexity index is 962. The molecule has 1 aromatic rings. The quantitative estimate of drug-likeness (QED) is 0.523. The van der Waals surface area contributed by atoms with Crippen LogP contribution in [-0.2, 0) is 23.9 Å². The van der Waals surface area contributed by atoms with Gasteiger partial charge < -0.3 is 14.8 Å². The zero-order valence-electron chi connectivity index (χ0n) is 17.7. The van der Waals surface area contributed by atoms with Gasteiger partial charge in [0, 0.05) is 27.4 Å². The Kier molecular flexibility index (Phi) is 6.50. The number of allylic oxidation sites excluding steroid dienone is 3. The molecule has 1 aliphatic carbocycles. The van der Waals surface area contributed by atoms with Gasteiger partial charge in [-0.1, -0.05) is 35.0 Å². The Morgan fingerprint density at radius 2 is 1.97 bits per heavy atom. The molecule has 3 atom stereocenters. The van der Waals surface area contributed by atoms with Gasteiger partial charge in [0.2, 0.25) is 0 Å². The summed E-state index contributed by atoms with van der Waals surface area (Å²) in [6.45, 7) is 7.24. The minimum Gasteiger partial charge on any atom is -0.468 e. The van der Waals surface area contributed by atoms with E-state index in [0.717, 1.165) is 15.7 Å². The first-order valence-corrected chi connectivity index (χ1v) is 10.7. The topological polar surface area (TPSA) is 81.7 Å². The number of ether oxygens (including phenoxy) is 2. The van der Waals surface area contributed by atoms with Crippen molar-refractivity contribution in [3.63, 3.8) is 0 Å². The number of Topliss-reactive ketones (excluding diaryl/α,β-unsaturated/α-hetero) is 1. The maximum Gasteiger partial charge on any atom is 0.337 e. The SMILES string of the molecule is COC(=O)[C@H]1C(=O)C2=C(C[C@@H]1C)NC(C)=C(C(=O)OC(C)C)[C@H]2c1cccc(Br)c1. The Balaban J connectivity index is 2.19. The Hall–Kier alpha value is -2.41. The van der Waals surface area contributed by atoms with Gasteiger partial charge in [-0.2, -0.15) is 0 Å². The molecule has 0 saturated heterocycles. The molecule has 1 aliphatic heterocycles. The van der Waals surface area contributed by atoms with Crippen molar-refractivity contribution in [1.82, 2.24) is 5.32 Å². The number of nitrogens with one attached hydrogen (secondary N) is 1. The first kappa shape index (κ1) is 22.3. The van der Waals surface area contributed by atoms with E-state index in [4.69, 9.17) is 9.47 Å². The molecule has 1 N–H and O–H groups in total. The molecule has 0 spiro atoms. The molecule has 0 amide bonds. The van der Waals surface area contributed by atoms with E-state index in [1.165, 1.54) is 7.11 Å². The first-order valence-electron chi connectivity index (χ1n) is 9.95. The van der Waals surface area contributed by atoms with Crippen molar-refractivity contribution >= 4 is 33.7 Å². The molecule has 6 nitrogen and oxygen atoms in total. The minimum atomic E-state index is -0.897. The van der Waals surface area contributed by atoms with Crippen LogP contribution in [0, 0.1) is 11.8 Å². The van der Waals surface area contributed by atoms with E-state index in [-0.39, 0.29) is 17.8 Å². The van der Waals surface area contributed by atoms with Gasteiger partial charge in [0.25, 0.3) is 0 Å². The lowest BCUT2D eigenvalue weighted by molar-refractivity contribution is -0.151. The minimum absolute atomic E-state index is 0.212. The van der Waals surface area contributed by atoms with Gasteiger partial charge in [-0.3, -0.25) is 9.59 Å². The van der Waals surface area contributed by atoms with E-state index in [2.05, 4.69) is 21.2 Å². The highest BCUT2D eigenvalue weighted by atomic mass is 79.9. The maximum atomic E-state index is 13.6. The largest absolute Gasteiger partial charge is 0.468 e. The highest BCUT2D eigenvalue weighted by Crippen LogP contribution is 2.45. The van der Waals surface area contributed by atoms with E-state index in [9.17, 15) is 14.4 Å². The molecule has 1 heterocycles. The van der Waals surface area contributed by atoms with Gasteiger partial charge in [-0.15, -0.1) is 0 Å². The van der Waals surface area contributed by atoms with Crippen LogP contribution < -0.4 is 5.32 Å². The number of hydrogen-bond acceptors (Lipinski definition) is 6. The van der Waals surface area contributed by atoms with Crippen LogP contribution in [0.5, 0.6) is 0 Å². The number of dihydropyridines is 1. The predicted molar refractivity (Wildman–Crippen MR) is 115 cm³/mol. The lowest BCUT2D eigenvalue weighted by Crippen LogP contribution is -2.43. The Labute approximate surface area is 184 Å². The molecule has 2 aliphatic rings. The third-order valence-corrected chi connectivity index (χ3v) is 5.98. The number of benzene rings is 1. The van der Waals surface area contributed by atoms with E-state index in [1.807, 2.05) is 38.1 Å². The molecule has 0 unspecified atom stereocenters. The maximum absolute atomic E-state index is 13.6. The zero-order valence-corrected chi connectivity index (χ0v) is 19.3. The fourth-order valence-electron chi connectivity index (χ4n) is 4.25. The highest BCUT2D eigenvalue weighted by molar-refractivity contribution is 9.10. The molecular formula is C23H26BrNO5. The standard InChI is InChI=1S/C23H26BrNO5/c1-11(2)30-23(28)18-13(4)25-16-9-12(3)17(22(27)29-5)21(26)20(16)19(18)14-7-6-8-15(24)10-14/h6-8,10-12,17,19,25H,9H2,1-5H3/t12-,17+,19+/m0/s1. The van der Waals surface area contributed by atoms with Crippen LogP contribution in [0.2, 0.25) is 0 Å². The number of carbonyl (C=O) groups excluding carboxylic acids is 3. The summed E-state index contributed by atoms with van der Waals surface area (Å²) >= 11 is 3.48. The van der Waals surface area contributed by atoms with Crippen LogP contribution in [-0.4, -0.2) is 30.9 Å². The van der Waals surface area contributed by atoms with E-state index in [1.54, 1.807) is 13.8 Å². The molecule has 3 rings (SSSR count). The van der Waals surface area contributed by atoms with Crippen LogP contribution >= 0.6 is 15.9 Å². The summed E-state index contributed by atoms with van der Waals surface area (Å²) in [7, 11) is 1.28. The van der Waals surface area contributed by atoms with Crippen molar-refractivity contribution in [3.8, 4) is 0 Å². The van der Waals surface area contributed by atoms with Crippen LogP contribution in [0.15, 0.2) is 51.3 Å². The highest BCUT2D eigenvalue weighted by Gasteiger charge is 2.47. The Morgan fingerprint density at radius 1 is 1.27 bits per heavy atom. The molecule has 1 aromatic carbocycles. The normalized spacial score (nSPS) is 23.8. The molecule has 160 valence electrons. The van der Waals surface area contributed by atoms with Gasteiger partial charge >= 0.3 is 11.9 Å².